The van der Waals surface area contributed by atoms with Gasteiger partial charge in [-0.3, -0.25) is 0 Å². The normalized spacial score (nSPS) is 17.6. The SMILES string of the molecule is C=CC1=CCCCC1.O. The van der Waals surface area contributed by atoms with E-state index in [4.69, 9.17) is 0 Å². The van der Waals surface area contributed by atoms with E-state index in [9.17, 15) is 0 Å². The van der Waals surface area contributed by atoms with Crippen molar-refractivity contribution in [2.45, 2.75) is 25.7 Å². The van der Waals surface area contributed by atoms with Crippen molar-refractivity contribution in [3.8, 4) is 0 Å². The summed E-state index contributed by atoms with van der Waals surface area (Å²) >= 11 is 0. The Morgan fingerprint density at radius 2 is 2.22 bits per heavy atom. The molecule has 0 radical (unpaired) electrons. The highest BCUT2D eigenvalue weighted by atomic mass is 16.0. The van der Waals surface area contributed by atoms with Gasteiger partial charge < -0.3 is 5.48 Å². The molecule has 0 amide bonds. The Balaban J connectivity index is 0.000000640. The summed E-state index contributed by atoms with van der Waals surface area (Å²) in [5.41, 5.74) is 1.44. The van der Waals surface area contributed by atoms with Gasteiger partial charge in [0.25, 0.3) is 0 Å². The van der Waals surface area contributed by atoms with Crippen LogP contribution in [0.4, 0.5) is 0 Å². The second kappa shape index (κ2) is 4.33. The maximum Gasteiger partial charge on any atom is -0.0282 e. The Kier molecular flexibility index (Phi) is 4.06. The molecule has 0 spiro atoms. The monoisotopic (exact) mass is 126 g/mol. The lowest BCUT2D eigenvalue weighted by Gasteiger charge is -2.06. The largest absolute Gasteiger partial charge is 0.412 e. The summed E-state index contributed by atoms with van der Waals surface area (Å²) in [5.74, 6) is 0. The summed E-state index contributed by atoms with van der Waals surface area (Å²) in [7, 11) is 0. The van der Waals surface area contributed by atoms with Crippen LogP contribution in [-0.4, -0.2) is 5.48 Å². The van der Waals surface area contributed by atoms with Gasteiger partial charge in [0.15, 0.2) is 0 Å². The molecule has 1 heteroatoms. The molecular weight excluding hydrogens is 112 g/mol. The molecule has 0 aromatic carbocycles. The van der Waals surface area contributed by atoms with Crippen LogP contribution in [0.2, 0.25) is 0 Å². The van der Waals surface area contributed by atoms with Crippen LogP contribution in [0.1, 0.15) is 25.7 Å². The van der Waals surface area contributed by atoms with Crippen molar-refractivity contribution in [1.29, 1.82) is 0 Å². The van der Waals surface area contributed by atoms with Crippen LogP contribution in [-0.2, 0) is 0 Å². The molecule has 1 aliphatic rings. The van der Waals surface area contributed by atoms with Crippen LogP contribution in [0.15, 0.2) is 24.3 Å². The Hall–Kier alpha value is -0.560. The zero-order valence-corrected chi connectivity index (χ0v) is 5.69. The molecule has 1 aliphatic carbocycles. The highest BCUT2D eigenvalue weighted by Gasteiger charge is 1.97. The summed E-state index contributed by atoms with van der Waals surface area (Å²) in [6.07, 6.45) is 9.51. The minimum absolute atomic E-state index is 0. The van der Waals surface area contributed by atoms with E-state index in [-0.39, 0.29) is 5.48 Å². The smallest absolute Gasteiger partial charge is 0.0282 e. The minimum Gasteiger partial charge on any atom is -0.412 e. The average Bonchev–Trinajstić information content (AvgIpc) is 1.90. The van der Waals surface area contributed by atoms with Crippen LogP contribution in [0.3, 0.4) is 0 Å². The molecule has 0 heterocycles. The second-order valence-corrected chi connectivity index (χ2v) is 2.23. The standard InChI is InChI=1S/C8H12.H2O/c1-2-8-6-4-3-5-7-8;/h2,6H,1,3-5,7H2;1H2. The van der Waals surface area contributed by atoms with Crippen LogP contribution in [0.25, 0.3) is 0 Å². The third-order valence-electron chi connectivity index (χ3n) is 1.59. The number of hydrogen-bond donors (Lipinski definition) is 0. The molecule has 0 aliphatic heterocycles. The molecule has 0 saturated carbocycles. The molecule has 1 rings (SSSR count). The lowest BCUT2D eigenvalue weighted by Crippen LogP contribution is -1.86. The highest BCUT2D eigenvalue weighted by Crippen LogP contribution is 2.16. The fraction of sp³-hybridized carbons (Fsp3) is 0.500. The summed E-state index contributed by atoms with van der Waals surface area (Å²) in [4.78, 5) is 0. The van der Waals surface area contributed by atoms with Crippen LogP contribution in [0.5, 0.6) is 0 Å². The molecule has 0 saturated heterocycles. The number of hydrogen-bond acceptors (Lipinski definition) is 0. The first kappa shape index (κ1) is 8.44. The van der Waals surface area contributed by atoms with Crippen molar-refractivity contribution in [3.05, 3.63) is 24.3 Å². The summed E-state index contributed by atoms with van der Waals surface area (Å²) < 4.78 is 0. The van der Waals surface area contributed by atoms with E-state index in [2.05, 4.69) is 12.7 Å². The van der Waals surface area contributed by atoms with Crippen molar-refractivity contribution < 1.29 is 5.48 Å². The van der Waals surface area contributed by atoms with Crippen molar-refractivity contribution in [2.24, 2.45) is 0 Å². The van der Waals surface area contributed by atoms with E-state index in [1.807, 2.05) is 6.08 Å². The Labute approximate surface area is 56.4 Å². The van der Waals surface area contributed by atoms with E-state index in [1.54, 1.807) is 0 Å². The molecule has 1 nitrogen and oxygen atoms in total. The molecule has 0 atom stereocenters. The van der Waals surface area contributed by atoms with Crippen LogP contribution >= 0.6 is 0 Å². The first-order chi connectivity index (χ1) is 3.93. The van der Waals surface area contributed by atoms with Gasteiger partial charge in [0.2, 0.25) is 0 Å². The van der Waals surface area contributed by atoms with E-state index >= 15 is 0 Å². The van der Waals surface area contributed by atoms with Crippen molar-refractivity contribution >= 4 is 0 Å². The zero-order valence-electron chi connectivity index (χ0n) is 5.69. The first-order valence-electron chi connectivity index (χ1n) is 3.25. The van der Waals surface area contributed by atoms with Gasteiger partial charge in [-0.1, -0.05) is 24.3 Å². The quantitative estimate of drug-likeness (QED) is 0.513. The molecule has 52 valence electrons. The highest BCUT2D eigenvalue weighted by molar-refractivity contribution is 5.17. The lowest BCUT2D eigenvalue weighted by molar-refractivity contribution is 0.712. The van der Waals surface area contributed by atoms with Gasteiger partial charge in [0, 0.05) is 0 Å². The molecule has 0 bridgehead atoms. The molecule has 0 aromatic heterocycles. The van der Waals surface area contributed by atoms with Crippen molar-refractivity contribution in [1.82, 2.24) is 0 Å². The average molecular weight is 126 g/mol. The first-order valence-corrected chi connectivity index (χ1v) is 3.25. The van der Waals surface area contributed by atoms with E-state index in [0.29, 0.717) is 0 Å². The van der Waals surface area contributed by atoms with Gasteiger partial charge in [-0.2, -0.15) is 0 Å². The molecule has 0 aromatic rings. The summed E-state index contributed by atoms with van der Waals surface area (Å²) in [6.45, 7) is 3.72. The van der Waals surface area contributed by atoms with Gasteiger partial charge in [-0.25, -0.2) is 0 Å². The van der Waals surface area contributed by atoms with E-state index in [1.165, 1.54) is 31.3 Å². The number of allylic oxidation sites excluding steroid dienone is 3. The topological polar surface area (TPSA) is 31.5 Å². The minimum atomic E-state index is 0. The lowest BCUT2D eigenvalue weighted by atomic mass is 10.0. The van der Waals surface area contributed by atoms with Gasteiger partial charge >= 0.3 is 0 Å². The fourth-order valence-electron chi connectivity index (χ4n) is 1.05. The molecule has 2 N–H and O–H groups in total. The fourth-order valence-corrected chi connectivity index (χ4v) is 1.05. The molecule has 0 unspecified atom stereocenters. The van der Waals surface area contributed by atoms with Crippen LogP contribution in [0, 0.1) is 0 Å². The summed E-state index contributed by atoms with van der Waals surface area (Å²) in [5, 5.41) is 0. The number of rotatable bonds is 1. The van der Waals surface area contributed by atoms with Crippen molar-refractivity contribution in [2.75, 3.05) is 0 Å². The van der Waals surface area contributed by atoms with Gasteiger partial charge in [0.05, 0.1) is 0 Å². The Bertz CT molecular complexity index is 114. The maximum atomic E-state index is 3.72. The Morgan fingerprint density at radius 1 is 1.44 bits per heavy atom. The second-order valence-electron chi connectivity index (χ2n) is 2.23. The van der Waals surface area contributed by atoms with Gasteiger partial charge in [-0.15, -0.1) is 0 Å². The molecular formula is C8H14O. The van der Waals surface area contributed by atoms with Gasteiger partial charge in [0.1, 0.15) is 0 Å². The van der Waals surface area contributed by atoms with Crippen LogP contribution < -0.4 is 0 Å². The molecule has 0 fully saturated rings. The summed E-state index contributed by atoms with van der Waals surface area (Å²) in [6, 6.07) is 0. The predicted molar refractivity (Wildman–Crippen MR) is 40.4 cm³/mol. The van der Waals surface area contributed by atoms with E-state index < -0.39 is 0 Å². The third-order valence-corrected chi connectivity index (χ3v) is 1.59. The predicted octanol–water partition coefficient (Wildman–Crippen LogP) is 1.85. The Morgan fingerprint density at radius 3 is 2.56 bits per heavy atom. The maximum absolute atomic E-state index is 3.72. The third kappa shape index (κ3) is 2.47. The van der Waals surface area contributed by atoms with E-state index in [0.717, 1.165) is 0 Å². The zero-order chi connectivity index (χ0) is 5.82. The van der Waals surface area contributed by atoms with Gasteiger partial charge in [-0.05, 0) is 25.7 Å². The molecule has 9 heavy (non-hydrogen) atoms. The van der Waals surface area contributed by atoms with Crippen molar-refractivity contribution in [3.63, 3.8) is 0 Å².